The molecule has 1 atom stereocenters. The Morgan fingerprint density at radius 1 is 1.67 bits per heavy atom. The quantitative estimate of drug-likeness (QED) is 0.617. The van der Waals surface area contributed by atoms with Crippen LogP contribution in [0.15, 0.2) is 11.6 Å². The van der Waals surface area contributed by atoms with E-state index in [-0.39, 0.29) is 0 Å². The van der Waals surface area contributed by atoms with Gasteiger partial charge >= 0.3 is 5.97 Å². The summed E-state index contributed by atoms with van der Waals surface area (Å²) in [6.07, 6.45) is 4.40. The number of carbonyl (C=O) groups is 1. The van der Waals surface area contributed by atoms with Gasteiger partial charge in [0.25, 0.3) is 0 Å². The third-order valence-electron chi connectivity index (χ3n) is 1.78. The Morgan fingerprint density at radius 3 is 2.58 bits per heavy atom. The first-order valence-electron chi connectivity index (χ1n) is 4.24. The van der Waals surface area contributed by atoms with Crippen molar-refractivity contribution in [2.24, 2.45) is 5.73 Å². The van der Waals surface area contributed by atoms with E-state index in [2.05, 4.69) is 6.92 Å². The monoisotopic (exact) mass is 171 g/mol. The maximum atomic E-state index is 10.4. The number of rotatable bonds is 5. The van der Waals surface area contributed by atoms with E-state index < -0.39 is 12.0 Å². The fraction of sp³-hybridized carbons (Fsp3) is 0.667. The Kier molecular flexibility index (Phi) is 5.37. The van der Waals surface area contributed by atoms with Gasteiger partial charge in [0, 0.05) is 0 Å². The molecule has 0 saturated carbocycles. The van der Waals surface area contributed by atoms with E-state index in [0.717, 1.165) is 18.4 Å². The van der Waals surface area contributed by atoms with Gasteiger partial charge in [0.05, 0.1) is 0 Å². The summed E-state index contributed by atoms with van der Waals surface area (Å²) in [6, 6.07) is -0.747. The predicted octanol–water partition coefficient (Wildman–Crippen LogP) is 1.53. The predicted molar refractivity (Wildman–Crippen MR) is 48.9 cm³/mol. The molecule has 70 valence electrons. The lowest BCUT2D eigenvalue weighted by Crippen LogP contribution is -2.30. The number of hydrogen-bond donors (Lipinski definition) is 2. The van der Waals surface area contributed by atoms with Crippen LogP contribution < -0.4 is 5.73 Å². The van der Waals surface area contributed by atoms with Gasteiger partial charge in [-0.3, -0.25) is 4.79 Å². The molecule has 0 radical (unpaired) electrons. The molecule has 0 aliphatic carbocycles. The molecule has 0 aromatic carbocycles. The highest BCUT2D eigenvalue weighted by atomic mass is 16.4. The van der Waals surface area contributed by atoms with Crippen molar-refractivity contribution in [1.82, 2.24) is 0 Å². The zero-order valence-electron chi connectivity index (χ0n) is 7.71. The lowest BCUT2D eigenvalue weighted by atomic mass is 10.0. The van der Waals surface area contributed by atoms with Crippen molar-refractivity contribution in [3.63, 3.8) is 0 Å². The molecule has 0 amide bonds. The Bertz CT molecular complexity index is 175. The largest absolute Gasteiger partial charge is 0.480 e. The van der Waals surface area contributed by atoms with Gasteiger partial charge in [-0.1, -0.05) is 25.0 Å². The van der Waals surface area contributed by atoms with Gasteiger partial charge in [0.1, 0.15) is 6.04 Å². The Hall–Kier alpha value is -0.830. The molecule has 0 saturated heterocycles. The zero-order valence-corrected chi connectivity index (χ0v) is 7.71. The Morgan fingerprint density at radius 2 is 2.25 bits per heavy atom. The zero-order chi connectivity index (χ0) is 9.56. The van der Waals surface area contributed by atoms with Crippen molar-refractivity contribution < 1.29 is 9.90 Å². The van der Waals surface area contributed by atoms with Gasteiger partial charge < -0.3 is 10.8 Å². The molecule has 0 aromatic heterocycles. The lowest BCUT2D eigenvalue weighted by molar-refractivity contribution is -0.138. The molecule has 3 heteroatoms. The van der Waals surface area contributed by atoms with Crippen LogP contribution in [0.3, 0.4) is 0 Å². The maximum absolute atomic E-state index is 10.4. The lowest BCUT2D eigenvalue weighted by Gasteiger charge is -2.08. The van der Waals surface area contributed by atoms with Crippen molar-refractivity contribution in [1.29, 1.82) is 0 Å². The van der Waals surface area contributed by atoms with Crippen LogP contribution in [0.1, 0.15) is 33.1 Å². The summed E-state index contributed by atoms with van der Waals surface area (Å²) in [7, 11) is 0. The second-order valence-corrected chi connectivity index (χ2v) is 2.85. The number of nitrogens with two attached hydrogens (primary N) is 1. The second-order valence-electron chi connectivity index (χ2n) is 2.85. The summed E-state index contributed by atoms with van der Waals surface area (Å²) in [5.74, 6) is -0.926. The number of hydrogen-bond acceptors (Lipinski definition) is 2. The molecule has 3 N–H and O–H groups in total. The van der Waals surface area contributed by atoms with Crippen molar-refractivity contribution >= 4 is 5.97 Å². The van der Waals surface area contributed by atoms with Crippen LogP contribution in [0.4, 0.5) is 0 Å². The number of carboxylic acids is 1. The molecule has 0 aliphatic heterocycles. The van der Waals surface area contributed by atoms with Crippen LogP contribution in [0.25, 0.3) is 0 Å². The minimum Gasteiger partial charge on any atom is -0.480 e. The summed E-state index contributed by atoms with van der Waals surface area (Å²) >= 11 is 0. The Balaban J connectivity index is 3.95. The van der Waals surface area contributed by atoms with E-state index in [1.54, 1.807) is 0 Å². The van der Waals surface area contributed by atoms with Crippen molar-refractivity contribution in [3.8, 4) is 0 Å². The smallest absolute Gasteiger partial charge is 0.320 e. The van der Waals surface area contributed by atoms with Crippen LogP contribution in [-0.2, 0) is 4.79 Å². The first kappa shape index (κ1) is 11.2. The van der Waals surface area contributed by atoms with Gasteiger partial charge in [-0.05, 0) is 19.8 Å². The Labute approximate surface area is 73.3 Å². The molecule has 0 bridgehead atoms. The fourth-order valence-corrected chi connectivity index (χ4v) is 1.06. The second kappa shape index (κ2) is 5.77. The van der Waals surface area contributed by atoms with Crippen molar-refractivity contribution in [2.75, 3.05) is 0 Å². The van der Waals surface area contributed by atoms with E-state index >= 15 is 0 Å². The van der Waals surface area contributed by atoms with E-state index in [1.165, 1.54) is 0 Å². The normalized spacial score (nSPS) is 14.4. The van der Waals surface area contributed by atoms with Gasteiger partial charge in [0.2, 0.25) is 0 Å². The summed E-state index contributed by atoms with van der Waals surface area (Å²) in [6.45, 7) is 3.98. The van der Waals surface area contributed by atoms with Crippen LogP contribution in [0.5, 0.6) is 0 Å². The van der Waals surface area contributed by atoms with Crippen LogP contribution >= 0.6 is 0 Å². The third-order valence-corrected chi connectivity index (χ3v) is 1.78. The van der Waals surface area contributed by atoms with Crippen molar-refractivity contribution in [3.05, 3.63) is 11.6 Å². The van der Waals surface area contributed by atoms with Gasteiger partial charge in [-0.15, -0.1) is 0 Å². The van der Waals surface area contributed by atoms with Gasteiger partial charge in [-0.2, -0.15) is 0 Å². The molecular formula is C9H17NO2. The highest BCUT2D eigenvalue weighted by molar-refractivity contribution is 5.73. The van der Waals surface area contributed by atoms with E-state index in [0.29, 0.717) is 6.42 Å². The van der Waals surface area contributed by atoms with E-state index in [9.17, 15) is 4.79 Å². The number of carboxylic acid groups (broad SMARTS) is 1. The van der Waals surface area contributed by atoms with Crippen LogP contribution in [0, 0.1) is 0 Å². The van der Waals surface area contributed by atoms with Crippen LogP contribution in [0.2, 0.25) is 0 Å². The first-order valence-corrected chi connectivity index (χ1v) is 4.24. The average Bonchev–Trinajstić information content (AvgIpc) is 2.03. The molecule has 0 aliphatic rings. The van der Waals surface area contributed by atoms with Gasteiger partial charge in [-0.25, -0.2) is 0 Å². The summed E-state index contributed by atoms with van der Waals surface area (Å²) in [5.41, 5.74) is 6.51. The average molecular weight is 171 g/mol. The minimum atomic E-state index is -0.926. The summed E-state index contributed by atoms with van der Waals surface area (Å²) in [5, 5.41) is 8.54. The molecule has 3 nitrogen and oxygen atoms in total. The summed E-state index contributed by atoms with van der Waals surface area (Å²) < 4.78 is 0. The van der Waals surface area contributed by atoms with E-state index in [4.69, 9.17) is 10.8 Å². The van der Waals surface area contributed by atoms with Crippen LogP contribution in [-0.4, -0.2) is 17.1 Å². The van der Waals surface area contributed by atoms with Crippen molar-refractivity contribution in [2.45, 2.75) is 39.2 Å². The molecular weight excluding hydrogens is 154 g/mol. The SMILES string of the molecule is C/C=C(\CCC)CC(N)C(=O)O. The highest BCUT2D eigenvalue weighted by Gasteiger charge is 2.12. The minimum absolute atomic E-state index is 0.472. The molecule has 0 fully saturated rings. The number of aliphatic carboxylic acids is 1. The summed E-state index contributed by atoms with van der Waals surface area (Å²) in [4.78, 5) is 10.4. The number of allylic oxidation sites excluding steroid dienone is 1. The molecule has 1 unspecified atom stereocenters. The topological polar surface area (TPSA) is 63.3 Å². The standard InChI is InChI=1S/C9H17NO2/c1-3-5-7(4-2)6-8(10)9(11)12/h4,8H,3,5-6,10H2,1-2H3,(H,11,12)/b7-4+. The van der Waals surface area contributed by atoms with E-state index in [1.807, 2.05) is 13.0 Å². The molecule has 0 rings (SSSR count). The molecule has 12 heavy (non-hydrogen) atoms. The third kappa shape index (κ3) is 4.13. The molecule has 0 spiro atoms. The van der Waals surface area contributed by atoms with Gasteiger partial charge in [0.15, 0.2) is 0 Å². The molecule has 0 heterocycles. The fourth-order valence-electron chi connectivity index (χ4n) is 1.06. The first-order chi connectivity index (χ1) is 5.61. The highest BCUT2D eigenvalue weighted by Crippen LogP contribution is 2.10. The maximum Gasteiger partial charge on any atom is 0.320 e. The molecule has 0 aromatic rings.